The predicted octanol–water partition coefficient (Wildman–Crippen LogP) is 8.74. The van der Waals surface area contributed by atoms with Gasteiger partial charge < -0.3 is 14.7 Å². The summed E-state index contributed by atoms with van der Waals surface area (Å²) in [7, 11) is 1.55. The number of likely N-dealkylation sites (tertiary alicyclic amines) is 1. The average molecular weight is 552 g/mol. The number of aliphatic hydroxyl groups excluding tert-OH is 1. The highest BCUT2D eigenvalue weighted by molar-refractivity contribution is 6.46. The molecule has 5 nitrogen and oxygen atoms in total. The van der Waals surface area contributed by atoms with E-state index in [1.54, 1.807) is 43.5 Å². The summed E-state index contributed by atoms with van der Waals surface area (Å²) < 4.78 is 18.9. The fourth-order valence-corrected chi connectivity index (χ4v) is 5.48. The molecule has 0 radical (unpaired) electrons. The third kappa shape index (κ3) is 8.94. The maximum atomic E-state index is 13.7. The highest BCUT2D eigenvalue weighted by atomic mass is 19.1. The van der Waals surface area contributed by atoms with Crippen molar-refractivity contribution in [2.45, 2.75) is 103 Å². The molecule has 1 amide bonds. The van der Waals surface area contributed by atoms with Crippen molar-refractivity contribution in [1.29, 1.82) is 0 Å². The van der Waals surface area contributed by atoms with Gasteiger partial charge in [-0.3, -0.25) is 9.59 Å². The summed E-state index contributed by atoms with van der Waals surface area (Å²) >= 11 is 0. The van der Waals surface area contributed by atoms with Gasteiger partial charge in [0.05, 0.1) is 18.7 Å². The van der Waals surface area contributed by atoms with Gasteiger partial charge in [-0.1, -0.05) is 103 Å². The molecule has 3 rings (SSSR count). The minimum atomic E-state index is -0.760. The number of unbranched alkanes of at least 4 members (excludes halogenated alkanes) is 13. The number of halogens is 1. The number of nitrogens with zero attached hydrogens (tertiary/aromatic N) is 1. The molecule has 1 atom stereocenters. The van der Waals surface area contributed by atoms with Crippen molar-refractivity contribution in [2.75, 3.05) is 13.7 Å². The summed E-state index contributed by atoms with van der Waals surface area (Å²) in [6.07, 6.45) is 17.3. The number of methoxy groups -OCH3 is 1. The standard InChI is InChI=1S/C34H46FNO4/c1-3-4-5-6-7-8-9-10-11-12-13-14-15-16-25-36-31(26-17-21-28(35)22-18-26)30(33(38)34(36)39)32(37)27-19-23-29(40-2)24-20-27/h17-24,31,37H,3-16,25H2,1-2H3/b32-30+/t31-/m1/s1. The second kappa shape index (κ2) is 16.8. The molecular formula is C34H46FNO4. The Kier molecular flexibility index (Phi) is 13.2. The number of ether oxygens (including phenoxy) is 1. The number of hydrogen-bond acceptors (Lipinski definition) is 4. The molecule has 6 heteroatoms. The Balaban J connectivity index is 1.54. The molecule has 1 aliphatic heterocycles. The van der Waals surface area contributed by atoms with Crippen LogP contribution in [0, 0.1) is 5.82 Å². The first-order valence-corrected chi connectivity index (χ1v) is 15.2. The number of Topliss-reactive ketones (excluding diaryl/α,β-unsaturated/α-hetero) is 1. The zero-order valence-electron chi connectivity index (χ0n) is 24.3. The molecule has 0 saturated carbocycles. The molecular weight excluding hydrogens is 505 g/mol. The predicted molar refractivity (Wildman–Crippen MR) is 159 cm³/mol. The molecule has 0 bridgehead atoms. The number of ketones is 1. The van der Waals surface area contributed by atoms with Crippen LogP contribution in [0.25, 0.3) is 5.76 Å². The van der Waals surface area contributed by atoms with E-state index < -0.39 is 23.5 Å². The van der Waals surface area contributed by atoms with Gasteiger partial charge in [-0.25, -0.2) is 4.39 Å². The molecule has 40 heavy (non-hydrogen) atoms. The largest absolute Gasteiger partial charge is 0.507 e. The lowest BCUT2D eigenvalue weighted by Crippen LogP contribution is -2.30. The first-order valence-electron chi connectivity index (χ1n) is 15.2. The zero-order valence-corrected chi connectivity index (χ0v) is 24.3. The fourth-order valence-electron chi connectivity index (χ4n) is 5.48. The summed E-state index contributed by atoms with van der Waals surface area (Å²) in [6.45, 7) is 2.66. The molecule has 1 aliphatic rings. The van der Waals surface area contributed by atoms with Gasteiger partial charge in [0.2, 0.25) is 0 Å². The second-order valence-electron chi connectivity index (χ2n) is 10.9. The van der Waals surface area contributed by atoms with Gasteiger partial charge >= 0.3 is 0 Å². The number of rotatable bonds is 18. The topological polar surface area (TPSA) is 66.8 Å². The van der Waals surface area contributed by atoms with E-state index in [-0.39, 0.29) is 11.3 Å². The lowest BCUT2D eigenvalue weighted by atomic mass is 9.95. The van der Waals surface area contributed by atoms with Gasteiger partial charge in [0.25, 0.3) is 11.7 Å². The van der Waals surface area contributed by atoms with Gasteiger partial charge in [0, 0.05) is 12.1 Å². The first kappa shape index (κ1) is 31.4. The van der Waals surface area contributed by atoms with Crippen molar-refractivity contribution in [3.05, 3.63) is 71.0 Å². The van der Waals surface area contributed by atoms with Gasteiger partial charge in [-0.2, -0.15) is 0 Å². The van der Waals surface area contributed by atoms with Crippen LogP contribution in [0.2, 0.25) is 0 Å². The molecule has 0 unspecified atom stereocenters. The number of carbonyl (C=O) groups excluding carboxylic acids is 2. The van der Waals surface area contributed by atoms with Gasteiger partial charge in [-0.05, 0) is 48.4 Å². The summed E-state index contributed by atoms with van der Waals surface area (Å²) in [5, 5.41) is 11.1. The maximum absolute atomic E-state index is 13.7. The molecule has 1 N–H and O–H groups in total. The Morgan fingerprint density at radius 3 is 1.77 bits per heavy atom. The summed E-state index contributed by atoms with van der Waals surface area (Å²) in [5.41, 5.74) is 1.05. The van der Waals surface area contributed by atoms with Crippen LogP contribution in [0.3, 0.4) is 0 Å². The van der Waals surface area contributed by atoms with Gasteiger partial charge in [0.1, 0.15) is 17.3 Å². The Morgan fingerprint density at radius 2 is 1.27 bits per heavy atom. The molecule has 1 heterocycles. The third-order valence-electron chi connectivity index (χ3n) is 7.84. The smallest absolute Gasteiger partial charge is 0.295 e. The van der Waals surface area contributed by atoms with E-state index in [2.05, 4.69) is 6.92 Å². The fraction of sp³-hybridized carbons (Fsp3) is 0.529. The Morgan fingerprint density at radius 1 is 0.775 bits per heavy atom. The number of benzene rings is 2. The normalized spacial score (nSPS) is 16.6. The monoisotopic (exact) mass is 551 g/mol. The van der Waals surface area contributed by atoms with Crippen molar-refractivity contribution in [2.24, 2.45) is 0 Å². The van der Waals surface area contributed by atoms with Crippen LogP contribution in [-0.2, 0) is 9.59 Å². The molecule has 2 aromatic carbocycles. The van der Waals surface area contributed by atoms with Crippen LogP contribution in [0.5, 0.6) is 5.75 Å². The summed E-state index contributed by atoms with van der Waals surface area (Å²) in [5.74, 6) is -1.36. The van der Waals surface area contributed by atoms with Crippen LogP contribution in [0.15, 0.2) is 54.1 Å². The lowest BCUT2D eigenvalue weighted by molar-refractivity contribution is -0.139. The highest BCUT2D eigenvalue weighted by Gasteiger charge is 2.45. The number of carbonyl (C=O) groups is 2. The van der Waals surface area contributed by atoms with Gasteiger partial charge in [0.15, 0.2) is 0 Å². The van der Waals surface area contributed by atoms with Crippen molar-refractivity contribution < 1.29 is 23.8 Å². The molecule has 0 spiro atoms. The van der Waals surface area contributed by atoms with Crippen molar-refractivity contribution in [3.63, 3.8) is 0 Å². The third-order valence-corrected chi connectivity index (χ3v) is 7.84. The van der Waals surface area contributed by atoms with Crippen molar-refractivity contribution in [1.82, 2.24) is 4.90 Å². The van der Waals surface area contributed by atoms with Crippen molar-refractivity contribution >= 4 is 17.4 Å². The Bertz CT molecular complexity index is 1090. The van der Waals surface area contributed by atoms with Crippen LogP contribution in [0.1, 0.15) is 114 Å². The van der Waals surface area contributed by atoms with Gasteiger partial charge in [-0.15, -0.1) is 0 Å². The summed E-state index contributed by atoms with van der Waals surface area (Å²) in [4.78, 5) is 27.8. The molecule has 0 aromatic heterocycles. The van der Waals surface area contributed by atoms with E-state index in [1.807, 2.05) is 0 Å². The Hall–Kier alpha value is -3.15. The quantitative estimate of drug-likeness (QED) is 0.0870. The maximum Gasteiger partial charge on any atom is 0.295 e. The van der Waals surface area contributed by atoms with E-state index in [4.69, 9.17) is 4.74 Å². The zero-order chi connectivity index (χ0) is 28.7. The second-order valence-corrected chi connectivity index (χ2v) is 10.9. The molecule has 0 aliphatic carbocycles. The molecule has 1 fully saturated rings. The molecule has 218 valence electrons. The van der Waals surface area contributed by atoms with E-state index in [0.717, 1.165) is 19.3 Å². The average Bonchev–Trinajstić information content (AvgIpc) is 3.22. The van der Waals surface area contributed by atoms with E-state index >= 15 is 0 Å². The minimum Gasteiger partial charge on any atom is -0.507 e. The minimum absolute atomic E-state index is 0.0344. The lowest BCUT2D eigenvalue weighted by Gasteiger charge is -2.25. The SMILES string of the molecule is CCCCCCCCCCCCCCCCN1C(=O)C(=O)/C(=C(/O)c2ccc(OC)cc2)[C@H]1c1ccc(F)cc1. The van der Waals surface area contributed by atoms with Crippen molar-refractivity contribution in [3.8, 4) is 5.75 Å². The summed E-state index contributed by atoms with van der Waals surface area (Å²) in [6, 6.07) is 11.7. The van der Waals surface area contributed by atoms with E-state index in [9.17, 15) is 19.1 Å². The van der Waals surface area contributed by atoms with Crippen LogP contribution < -0.4 is 4.74 Å². The highest BCUT2D eigenvalue weighted by Crippen LogP contribution is 2.39. The number of aliphatic hydroxyl groups is 1. The van der Waals surface area contributed by atoms with Crippen LogP contribution >= 0.6 is 0 Å². The number of amides is 1. The van der Waals surface area contributed by atoms with Crippen LogP contribution in [-0.4, -0.2) is 35.4 Å². The molecule has 1 saturated heterocycles. The van der Waals surface area contributed by atoms with E-state index in [0.29, 0.717) is 23.4 Å². The van der Waals surface area contributed by atoms with E-state index in [1.165, 1.54) is 87.7 Å². The first-order chi connectivity index (χ1) is 19.5. The number of hydrogen-bond donors (Lipinski definition) is 1. The molecule has 2 aromatic rings. The Labute approximate surface area is 239 Å². The van der Waals surface area contributed by atoms with Crippen LogP contribution in [0.4, 0.5) is 4.39 Å².